The van der Waals surface area contributed by atoms with Crippen LogP contribution in [0.3, 0.4) is 0 Å². The summed E-state index contributed by atoms with van der Waals surface area (Å²) in [5.41, 5.74) is 0.582. The van der Waals surface area contributed by atoms with Crippen molar-refractivity contribution >= 4 is 5.91 Å². The van der Waals surface area contributed by atoms with Crippen LogP contribution in [0.5, 0.6) is 0 Å². The SMILES string of the molecule is O=C(c1ccc(-n2cnnc2)nc1)N1CCOCC1. The highest BCUT2D eigenvalue weighted by atomic mass is 16.5. The number of rotatable bonds is 2. The van der Waals surface area contributed by atoms with E-state index in [0.717, 1.165) is 0 Å². The Morgan fingerprint density at radius 2 is 1.89 bits per heavy atom. The highest BCUT2D eigenvalue weighted by Gasteiger charge is 2.18. The van der Waals surface area contributed by atoms with Crippen LogP contribution in [0.1, 0.15) is 10.4 Å². The first kappa shape index (κ1) is 11.8. The second-order valence-electron chi connectivity index (χ2n) is 4.18. The molecule has 0 aromatic carbocycles. The molecular formula is C12H13N5O2. The molecule has 0 unspecified atom stereocenters. The van der Waals surface area contributed by atoms with Gasteiger partial charge in [-0.05, 0) is 12.1 Å². The van der Waals surface area contributed by atoms with Gasteiger partial charge in [-0.2, -0.15) is 0 Å². The predicted octanol–water partition coefficient (Wildman–Crippen LogP) is 0.135. The normalized spacial score (nSPS) is 15.5. The Bertz CT molecular complexity index is 546. The summed E-state index contributed by atoms with van der Waals surface area (Å²) in [5.74, 6) is 0.676. The van der Waals surface area contributed by atoms with Crippen LogP contribution in [0, 0.1) is 0 Å². The van der Waals surface area contributed by atoms with E-state index in [1.165, 1.54) is 0 Å². The molecule has 1 aliphatic heterocycles. The summed E-state index contributed by atoms with van der Waals surface area (Å²) >= 11 is 0. The molecule has 2 aromatic rings. The lowest BCUT2D eigenvalue weighted by molar-refractivity contribution is 0.0302. The number of aromatic nitrogens is 4. The number of hydrogen-bond donors (Lipinski definition) is 0. The minimum absolute atomic E-state index is 0.00824. The Labute approximate surface area is 109 Å². The van der Waals surface area contributed by atoms with Crippen LogP contribution < -0.4 is 0 Å². The van der Waals surface area contributed by atoms with E-state index in [1.807, 2.05) is 0 Å². The third kappa shape index (κ3) is 2.45. The van der Waals surface area contributed by atoms with Crippen molar-refractivity contribution in [3.63, 3.8) is 0 Å². The summed E-state index contributed by atoms with van der Waals surface area (Å²) in [7, 11) is 0. The van der Waals surface area contributed by atoms with Crippen LogP contribution in [0.25, 0.3) is 5.82 Å². The highest BCUT2D eigenvalue weighted by molar-refractivity contribution is 5.94. The van der Waals surface area contributed by atoms with Gasteiger partial charge >= 0.3 is 0 Å². The largest absolute Gasteiger partial charge is 0.378 e. The topological polar surface area (TPSA) is 73.1 Å². The molecule has 0 radical (unpaired) electrons. The maximum atomic E-state index is 12.2. The van der Waals surface area contributed by atoms with Crippen LogP contribution in [-0.4, -0.2) is 56.9 Å². The summed E-state index contributed by atoms with van der Waals surface area (Å²) in [4.78, 5) is 18.2. The number of carbonyl (C=O) groups excluding carboxylic acids is 1. The molecular weight excluding hydrogens is 246 g/mol. The number of amides is 1. The third-order valence-electron chi connectivity index (χ3n) is 2.98. The van der Waals surface area contributed by atoms with E-state index in [0.29, 0.717) is 37.7 Å². The molecule has 0 bridgehead atoms. The van der Waals surface area contributed by atoms with Gasteiger partial charge in [0.05, 0.1) is 18.8 Å². The van der Waals surface area contributed by atoms with E-state index in [2.05, 4.69) is 15.2 Å². The van der Waals surface area contributed by atoms with Crippen molar-refractivity contribution in [1.29, 1.82) is 0 Å². The Morgan fingerprint density at radius 3 is 2.53 bits per heavy atom. The second-order valence-corrected chi connectivity index (χ2v) is 4.18. The van der Waals surface area contributed by atoms with Gasteiger partial charge < -0.3 is 9.64 Å². The molecule has 7 heteroatoms. The molecule has 1 aliphatic rings. The first-order valence-corrected chi connectivity index (χ1v) is 6.03. The standard InChI is InChI=1S/C12H13N5O2/c18-12(16-3-5-19-6-4-16)10-1-2-11(13-7-10)17-8-14-15-9-17/h1-2,7-9H,3-6H2. The number of morpholine rings is 1. The molecule has 1 fully saturated rings. The quantitative estimate of drug-likeness (QED) is 0.766. The van der Waals surface area contributed by atoms with Crippen LogP contribution in [0.4, 0.5) is 0 Å². The summed E-state index contributed by atoms with van der Waals surface area (Å²) in [5, 5.41) is 7.43. The van der Waals surface area contributed by atoms with Gasteiger partial charge in [-0.15, -0.1) is 10.2 Å². The van der Waals surface area contributed by atoms with Crippen molar-refractivity contribution in [1.82, 2.24) is 24.6 Å². The van der Waals surface area contributed by atoms with E-state index in [4.69, 9.17) is 4.74 Å². The molecule has 0 spiro atoms. The lowest BCUT2D eigenvalue weighted by atomic mass is 10.2. The number of hydrogen-bond acceptors (Lipinski definition) is 5. The second kappa shape index (κ2) is 5.15. The van der Waals surface area contributed by atoms with Crippen molar-refractivity contribution in [2.75, 3.05) is 26.3 Å². The zero-order chi connectivity index (χ0) is 13.1. The first-order valence-electron chi connectivity index (χ1n) is 6.03. The molecule has 0 atom stereocenters. The number of ether oxygens (including phenoxy) is 1. The maximum Gasteiger partial charge on any atom is 0.255 e. The minimum atomic E-state index is -0.00824. The lowest BCUT2D eigenvalue weighted by Crippen LogP contribution is -2.40. The third-order valence-corrected chi connectivity index (χ3v) is 2.98. The molecule has 1 saturated heterocycles. The molecule has 1 amide bonds. The molecule has 3 rings (SSSR count). The molecule has 0 N–H and O–H groups in total. The fourth-order valence-electron chi connectivity index (χ4n) is 1.93. The summed E-state index contributed by atoms with van der Waals surface area (Å²) < 4.78 is 6.91. The van der Waals surface area contributed by atoms with Gasteiger partial charge in [-0.1, -0.05) is 0 Å². The Kier molecular flexibility index (Phi) is 3.20. The maximum absolute atomic E-state index is 12.2. The highest BCUT2D eigenvalue weighted by Crippen LogP contribution is 2.09. The van der Waals surface area contributed by atoms with Crippen molar-refractivity contribution in [2.45, 2.75) is 0 Å². The Morgan fingerprint density at radius 1 is 1.16 bits per heavy atom. The average Bonchev–Trinajstić information content (AvgIpc) is 3.02. The molecule has 3 heterocycles. The van der Waals surface area contributed by atoms with Crippen molar-refractivity contribution in [3.05, 3.63) is 36.5 Å². The van der Waals surface area contributed by atoms with E-state index < -0.39 is 0 Å². The molecule has 0 aliphatic carbocycles. The number of pyridine rings is 1. The van der Waals surface area contributed by atoms with Gasteiger partial charge in [-0.3, -0.25) is 9.36 Å². The fourth-order valence-corrected chi connectivity index (χ4v) is 1.93. The molecule has 2 aromatic heterocycles. The number of carbonyl (C=O) groups is 1. The van der Waals surface area contributed by atoms with E-state index in [9.17, 15) is 4.79 Å². The van der Waals surface area contributed by atoms with Crippen LogP contribution in [0.2, 0.25) is 0 Å². The van der Waals surface area contributed by atoms with Gasteiger partial charge in [0.1, 0.15) is 18.5 Å². The summed E-state index contributed by atoms with van der Waals surface area (Å²) in [6, 6.07) is 3.54. The van der Waals surface area contributed by atoms with Gasteiger partial charge in [0, 0.05) is 19.3 Å². The molecule has 7 nitrogen and oxygen atoms in total. The van der Waals surface area contributed by atoms with Gasteiger partial charge in [0.2, 0.25) is 0 Å². The van der Waals surface area contributed by atoms with E-state index in [1.54, 1.807) is 40.5 Å². The minimum Gasteiger partial charge on any atom is -0.378 e. The Hall–Kier alpha value is -2.28. The molecule has 98 valence electrons. The van der Waals surface area contributed by atoms with Crippen molar-refractivity contribution < 1.29 is 9.53 Å². The zero-order valence-corrected chi connectivity index (χ0v) is 10.3. The van der Waals surface area contributed by atoms with Crippen molar-refractivity contribution in [2.24, 2.45) is 0 Å². The van der Waals surface area contributed by atoms with Gasteiger partial charge in [0.15, 0.2) is 0 Å². The molecule has 19 heavy (non-hydrogen) atoms. The predicted molar refractivity (Wildman–Crippen MR) is 65.9 cm³/mol. The Balaban J connectivity index is 1.76. The van der Waals surface area contributed by atoms with Crippen LogP contribution in [-0.2, 0) is 4.74 Å². The monoisotopic (exact) mass is 259 g/mol. The van der Waals surface area contributed by atoms with Gasteiger partial charge in [0.25, 0.3) is 5.91 Å². The van der Waals surface area contributed by atoms with Crippen LogP contribution in [0.15, 0.2) is 31.0 Å². The summed E-state index contributed by atoms with van der Waals surface area (Å²) in [6.07, 6.45) is 4.70. The molecule has 0 saturated carbocycles. The summed E-state index contributed by atoms with van der Waals surface area (Å²) in [6.45, 7) is 2.45. The van der Waals surface area contributed by atoms with E-state index in [-0.39, 0.29) is 5.91 Å². The first-order chi connectivity index (χ1) is 9.34. The smallest absolute Gasteiger partial charge is 0.255 e. The fraction of sp³-hybridized carbons (Fsp3) is 0.333. The van der Waals surface area contributed by atoms with E-state index >= 15 is 0 Å². The van der Waals surface area contributed by atoms with Gasteiger partial charge in [-0.25, -0.2) is 4.98 Å². The number of nitrogens with zero attached hydrogens (tertiary/aromatic N) is 5. The zero-order valence-electron chi connectivity index (χ0n) is 10.3. The van der Waals surface area contributed by atoms with Crippen LogP contribution >= 0.6 is 0 Å². The average molecular weight is 259 g/mol. The lowest BCUT2D eigenvalue weighted by Gasteiger charge is -2.26. The van der Waals surface area contributed by atoms with Crippen molar-refractivity contribution in [3.8, 4) is 5.82 Å².